The van der Waals surface area contributed by atoms with Crippen LogP contribution in [0, 0.1) is 5.92 Å². The highest BCUT2D eigenvalue weighted by atomic mass is 35.5. The van der Waals surface area contributed by atoms with E-state index in [1.54, 1.807) is 47.8 Å². The molecule has 2 N–H and O–H groups in total. The number of ketones is 1. The largest absolute Gasteiger partial charge is 0.468 e. The van der Waals surface area contributed by atoms with E-state index in [1.807, 2.05) is 0 Å². The molecule has 7 nitrogen and oxygen atoms in total. The monoisotopic (exact) mass is 616 g/mol. The summed E-state index contributed by atoms with van der Waals surface area (Å²) in [5, 5.41) is 1.64. The quantitative estimate of drug-likeness (QED) is 0.270. The van der Waals surface area contributed by atoms with Crippen LogP contribution in [0.5, 0.6) is 0 Å². The lowest BCUT2D eigenvalue weighted by Gasteiger charge is -2.44. The summed E-state index contributed by atoms with van der Waals surface area (Å²) in [6, 6.07) is 14.9. The number of nitrogens with two attached hydrogens (primary N) is 1. The molecule has 42 heavy (non-hydrogen) atoms. The second-order valence-electron chi connectivity index (χ2n) is 9.69. The van der Waals surface area contributed by atoms with Crippen LogP contribution in [0.25, 0.3) is 0 Å². The first-order valence-electron chi connectivity index (χ1n) is 12.7. The lowest BCUT2D eigenvalue weighted by Crippen LogP contribution is -2.46. The minimum Gasteiger partial charge on any atom is -0.468 e. The van der Waals surface area contributed by atoms with Crippen molar-refractivity contribution in [3.8, 4) is 0 Å². The van der Waals surface area contributed by atoms with Gasteiger partial charge in [0.15, 0.2) is 5.78 Å². The van der Waals surface area contributed by atoms with E-state index < -0.39 is 47.2 Å². The Bertz CT molecular complexity index is 1620. The van der Waals surface area contributed by atoms with Crippen LogP contribution < -0.4 is 10.6 Å². The summed E-state index contributed by atoms with van der Waals surface area (Å²) in [6.45, 7) is 0. The molecule has 3 atom stereocenters. The van der Waals surface area contributed by atoms with Crippen LogP contribution in [0.15, 0.2) is 88.7 Å². The molecule has 3 aromatic rings. The number of methoxy groups -OCH3 is 2. The van der Waals surface area contributed by atoms with Gasteiger partial charge >= 0.3 is 18.1 Å². The van der Waals surface area contributed by atoms with Gasteiger partial charge in [-0.2, -0.15) is 13.2 Å². The molecule has 218 valence electrons. The molecular weight excluding hydrogens is 593 g/mol. The Balaban J connectivity index is 1.85. The maximum Gasteiger partial charge on any atom is 0.416 e. The number of rotatable bonds is 5. The van der Waals surface area contributed by atoms with Gasteiger partial charge in [-0.25, -0.2) is 4.79 Å². The average molecular weight is 617 g/mol. The van der Waals surface area contributed by atoms with Crippen molar-refractivity contribution < 1.29 is 37.0 Å². The van der Waals surface area contributed by atoms with Crippen LogP contribution in [-0.2, 0) is 30.0 Å². The molecule has 0 fully saturated rings. The van der Waals surface area contributed by atoms with Crippen LogP contribution in [0.1, 0.15) is 34.3 Å². The van der Waals surface area contributed by atoms with Gasteiger partial charge < -0.3 is 15.2 Å². The molecule has 12 heteroatoms. The van der Waals surface area contributed by atoms with Gasteiger partial charge in [-0.3, -0.25) is 14.5 Å². The van der Waals surface area contributed by atoms with E-state index in [4.69, 9.17) is 26.8 Å². The van der Waals surface area contributed by atoms with Gasteiger partial charge in [-0.15, -0.1) is 11.3 Å². The number of carbonyl (C=O) groups is 3. The zero-order valence-electron chi connectivity index (χ0n) is 22.3. The number of alkyl halides is 3. The van der Waals surface area contributed by atoms with Gasteiger partial charge in [0, 0.05) is 22.1 Å². The Labute approximate surface area is 248 Å². The first-order valence-corrected chi connectivity index (χ1v) is 13.9. The minimum absolute atomic E-state index is 0.00550. The zero-order chi connectivity index (χ0) is 30.3. The molecule has 2 heterocycles. The van der Waals surface area contributed by atoms with E-state index in [-0.39, 0.29) is 39.8 Å². The third-order valence-corrected chi connectivity index (χ3v) is 8.73. The Morgan fingerprint density at radius 3 is 2.36 bits per heavy atom. The Morgan fingerprint density at radius 2 is 1.76 bits per heavy atom. The van der Waals surface area contributed by atoms with Crippen molar-refractivity contribution in [2.75, 3.05) is 19.1 Å². The molecule has 0 saturated carbocycles. The van der Waals surface area contributed by atoms with E-state index in [9.17, 15) is 27.6 Å². The number of anilines is 1. The minimum atomic E-state index is -4.72. The highest BCUT2D eigenvalue weighted by Crippen LogP contribution is 2.53. The van der Waals surface area contributed by atoms with Crippen molar-refractivity contribution in [2.24, 2.45) is 11.7 Å². The number of benzene rings is 2. The van der Waals surface area contributed by atoms with Crippen molar-refractivity contribution in [1.82, 2.24) is 0 Å². The molecule has 3 unspecified atom stereocenters. The first-order chi connectivity index (χ1) is 20.0. The number of allylic oxidation sites excluding steroid dienone is 2. The fourth-order valence-corrected chi connectivity index (χ4v) is 6.67. The highest BCUT2D eigenvalue weighted by molar-refractivity contribution is 7.10. The highest BCUT2D eigenvalue weighted by Gasteiger charge is 2.51. The normalized spacial score (nSPS) is 20.9. The molecule has 1 aliphatic carbocycles. The molecule has 1 aliphatic heterocycles. The molecular formula is C30H24ClF3N2O5S. The molecule has 0 bridgehead atoms. The maximum absolute atomic E-state index is 14.5. The summed E-state index contributed by atoms with van der Waals surface area (Å²) in [5.41, 5.74) is 6.18. The number of ether oxygens (including phenoxy) is 2. The van der Waals surface area contributed by atoms with Gasteiger partial charge in [0.25, 0.3) is 0 Å². The predicted octanol–water partition coefficient (Wildman–Crippen LogP) is 6.17. The van der Waals surface area contributed by atoms with Crippen LogP contribution in [0.2, 0.25) is 5.02 Å². The van der Waals surface area contributed by atoms with E-state index in [2.05, 4.69) is 0 Å². The van der Waals surface area contributed by atoms with E-state index in [1.165, 1.54) is 23.3 Å². The number of nitrogens with zero attached hydrogens (tertiary/aromatic N) is 1. The predicted molar refractivity (Wildman–Crippen MR) is 151 cm³/mol. The van der Waals surface area contributed by atoms with Crippen LogP contribution in [0.4, 0.5) is 18.9 Å². The molecule has 1 aromatic heterocycles. The van der Waals surface area contributed by atoms with Crippen molar-refractivity contribution in [3.63, 3.8) is 0 Å². The smallest absolute Gasteiger partial charge is 0.416 e. The fraction of sp³-hybridized carbons (Fsp3) is 0.233. The number of hydrogen-bond donors (Lipinski definition) is 1. The molecule has 2 aliphatic rings. The molecule has 0 radical (unpaired) electrons. The average Bonchev–Trinajstić information content (AvgIpc) is 3.51. The number of thiophene rings is 1. The van der Waals surface area contributed by atoms with Crippen molar-refractivity contribution >= 4 is 46.3 Å². The van der Waals surface area contributed by atoms with Gasteiger partial charge in [0.05, 0.1) is 42.0 Å². The summed E-state index contributed by atoms with van der Waals surface area (Å²) in [6.07, 6.45) is -4.73. The van der Waals surface area contributed by atoms with Gasteiger partial charge in [0.1, 0.15) is 11.7 Å². The third-order valence-electron chi connectivity index (χ3n) is 7.47. The number of carbonyl (C=O) groups excluding carboxylic acids is 3. The van der Waals surface area contributed by atoms with Crippen LogP contribution in [-0.4, -0.2) is 31.9 Å². The van der Waals surface area contributed by atoms with Crippen molar-refractivity contribution in [1.29, 1.82) is 0 Å². The fourth-order valence-electron chi connectivity index (χ4n) is 5.62. The van der Waals surface area contributed by atoms with E-state index in [0.717, 1.165) is 25.3 Å². The topological polar surface area (TPSA) is 98.9 Å². The second kappa shape index (κ2) is 11.3. The summed E-state index contributed by atoms with van der Waals surface area (Å²) in [7, 11) is 2.30. The number of esters is 2. The molecule has 2 aromatic carbocycles. The van der Waals surface area contributed by atoms with E-state index in [0.29, 0.717) is 10.4 Å². The summed E-state index contributed by atoms with van der Waals surface area (Å²) in [4.78, 5) is 42.7. The Morgan fingerprint density at radius 1 is 1.05 bits per heavy atom. The lowest BCUT2D eigenvalue weighted by molar-refractivity contribution is -0.150. The Kier molecular flexibility index (Phi) is 7.91. The standard InChI is InChI=1S/C30H24ClF3N2O5S/c1-40-28(38)22-17(15-7-4-3-5-8-15)14-20-23(26(22)37)24(21-9-6-12-42-21)25(29(39)41-2)27(35)36(20)19-13-16(30(32,33)34)10-11-18(19)31/h3-13,17,22,24H,14,35H2,1-2H3. The molecule has 0 spiro atoms. The molecule has 5 rings (SSSR count). The Hall–Kier alpha value is -4.09. The van der Waals surface area contributed by atoms with E-state index >= 15 is 0 Å². The number of Topliss-reactive ketones (excluding diaryl/α,β-unsaturated/α-hetero) is 1. The van der Waals surface area contributed by atoms with Crippen LogP contribution >= 0.6 is 22.9 Å². The molecule has 0 amide bonds. The lowest BCUT2D eigenvalue weighted by atomic mass is 9.68. The molecule has 0 saturated heterocycles. The zero-order valence-corrected chi connectivity index (χ0v) is 23.8. The van der Waals surface area contributed by atoms with Gasteiger partial charge in [0.2, 0.25) is 0 Å². The van der Waals surface area contributed by atoms with Crippen molar-refractivity contribution in [3.05, 3.63) is 110 Å². The maximum atomic E-state index is 14.5. The van der Waals surface area contributed by atoms with Crippen LogP contribution in [0.3, 0.4) is 0 Å². The SMILES string of the molecule is COC(=O)C1=C(N)N(c2cc(C(F)(F)F)ccc2Cl)C2=C(C(=O)C(C(=O)OC)C(c3ccccc3)C2)C1c1cccs1. The summed E-state index contributed by atoms with van der Waals surface area (Å²) >= 11 is 7.73. The third kappa shape index (κ3) is 4.96. The number of halogens is 4. The first kappa shape index (κ1) is 29.4. The number of hydrogen-bond acceptors (Lipinski definition) is 8. The summed E-state index contributed by atoms with van der Waals surface area (Å²) in [5.74, 6) is -5.66. The van der Waals surface area contributed by atoms with Crippen molar-refractivity contribution in [2.45, 2.75) is 24.4 Å². The second-order valence-corrected chi connectivity index (χ2v) is 11.1. The summed E-state index contributed by atoms with van der Waals surface area (Å²) < 4.78 is 51.6. The van der Waals surface area contributed by atoms with Gasteiger partial charge in [-0.05, 0) is 41.6 Å². The van der Waals surface area contributed by atoms with Gasteiger partial charge in [-0.1, -0.05) is 48.0 Å².